The van der Waals surface area contributed by atoms with E-state index in [4.69, 9.17) is 16.9 Å². The Bertz CT molecular complexity index is 1060. The van der Waals surface area contributed by atoms with Crippen LogP contribution in [0.2, 0.25) is 5.02 Å². The minimum absolute atomic E-state index is 0.0440. The highest BCUT2D eigenvalue weighted by atomic mass is 35.5. The molecule has 11 heteroatoms. The van der Waals surface area contributed by atoms with Crippen molar-refractivity contribution in [1.82, 2.24) is 25.1 Å². The van der Waals surface area contributed by atoms with Crippen LogP contribution in [0.25, 0.3) is 5.82 Å². The third kappa shape index (κ3) is 4.83. The molecule has 2 aromatic heterocycles. The van der Waals surface area contributed by atoms with E-state index in [1.165, 1.54) is 29.3 Å². The second kappa shape index (κ2) is 8.62. The van der Waals surface area contributed by atoms with Crippen LogP contribution >= 0.6 is 11.6 Å². The molecule has 0 fully saturated rings. The predicted octanol–water partition coefficient (Wildman–Crippen LogP) is 3.28. The molecule has 0 aliphatic heterocycles. The minimum Gasteiger partial charge on any atom is -0.435 e. The van der Waals surface area contributed by atoms with Gasteiger partial charge in [0.2, 0.25) is 0 Å². The molecule has 0 spiro atoms. The fourth-order valence-corrected chi connectivity index (χ4v) is 2.73. The first-order valence-corrected chi connectivity index (χ1v) is 8.58. The zero-order valence-corrected chi connectivity index (χ0v) is 15.6. The maximum atomic E-state index is 12.5. The second-order valence-corrected chi connectivity index (χ2v) is 6.23. The second-order valence-electron chi connectivity index (χ2n) is 5.80. The molecule has 0 saturated carbocycles. The number of rotatable bonds is 6. The zero-order chi connectivity index (χ0) is 21.0. The number of hydrogen-bond donors (Lipinski definition) is 1. The first-order chi connectivity index (χ1) is 13.9. The number of nitriles is 1. The lowest BCUT2D eigenvalue weighted by Gasteiger charge is -2.15. The molecule has 0 radical (unpaired) electrons. The highest BCUT2D eigenvalue weighted by Crippen LogP contribution is 2.23. The smallest absolute Gasteiger partial charge is 0.387 e. The molecule has 0 bridgehead atoms. The van der Waals surface area contributed by atoms with Gasteiger partial charge in [0.15, 0.2) is 11.6 Å². The number of amides is 1. The van der Waals surface area contributed by atoms with Crippen molar-refractivity contribution in [3.8, 4) is 17.6 Å². The maximum Gasteiger partial charge on any atom is 0.387 e. The van der Waals surface area contributed by atoms with Gasteiger partial charge < -0.3 is 10.1 Å². The van der Waals surface area contributed by atoms with Gasteiger partial charge in [-0.05, 0) is 37.3 Å². The summed E-state index contributed by atoms with van der Waals surface area (Å²) >= 11 is 5.88. The van der Waals surface area contributed by atoms with Gasteiger partial charge in [-0.25, -0.2) is 9.97 Å². The normalized spacial score (nSPS) is 11.7. The minimum atomic E-state index is -3.04. The number of benzene rings is 1. The Morgan fingerprint density at radius 2 is 2.10 bits per heavy atom. The molecule has 3 aromatic rings. The van der Waals surface area contributed by atoms with Crippen molar-refractivity contribution in [1.29, 1.82) is 5.26 Å². The van der Waals surface area contributed by atoms with Gasteiger partial charge in [-0.2, -0.15) is 23.8 Å². The number of alkyl halides is 2. The topological polar surface area (TPSA) is 106 Å². The van der Waals surface area contributed by atoms with E-state index in [1.54, 1.807) is 19.1 Å². The molecule has 1 amide bonds. The van der Waals surface area contributed by atoms with Crippen molar-refractivity contribution < 1.29 is 18.3 Å². The molecule has 1 N–H and O–H groups in total. The van der Waals surface area contributed by atoms with Gasteiger partial charge in [-0.1, -0.05) is 11.6 Å². The summed E-state index contributed by atoms with van der Waals surface area (Å²) < 4.78 is 30.6. The van der Waals surface area contributed by atoms with Crippen LogP contribution in [-0.2, 0) is 0 Å². The molecular formula is C18H13ClF2N6O2. The monoisotopic (exact) mass is 418 g/mol. The van der Waals surface area contributed by atoms with E-state index in [-0.39, 0.29) is 16.3 Å². The molecule has 1 aromatic carbocycles. The fourth-order valence-electron chi connectivity index (χ4n) is 2.51. The van der Waals surface area contributed by atoms with Crippen molar-refractivity contribution in [2.24, 2.45) is 0 Å². The van der Waals surface area contributed by atoms with Crippen LogP contribution in [-0.4, -0.2) is 32.3 Å². The van der Waals surface area contributed by atoms with Crippen molar-refractivity contribution >= 4 is 17.5 Å². The Kier molecular flexibility index (Phi) is 5.99. The van der Waals surface area contributed by atoms with Crippen LogP contribution < -0.4 is 10.1 Å². The summed E-state index contributed by atoms with van der Waals surface area (Å²) in [5.74, 6) is -0.00804. The summed E-state index contributed by atoms with van der Waals surface area (Å²) in [5.41, 5.74) is 0.433. The van der Waals surface area contributed by atoms with Crippen LogP contribution in [0.4, 0.5) is 8.78 Å². The van der Waals surface area contributed by atoms with Crippen molar-refractivity contribution in [2.75, 3.05) is 0 Å². The molecule has 0 aliphatic carbocycles. The SMILES string of the molecule is C[C@H](NC(=O)c1cc(Cl)cc(OC(F)F)c1)c1ncnn1-c1ccc(C#N)cn1. The quantitative estimate of drug-likeness (QED) is 0.658. The number of nitrogens with one attached hydrogen (secondary N) is 1. The maximum absolute atomic E-state index is 12.5. The van der Waals surface area contributed by atoms with E-state index in [0.29, 0.717) is 17.2 Å². The molecular weight excluding hydrogens is 406 g/mol. The van der Waals surface area contributed by atoms with Gasteiger partial charge in [-0.3, -0.25) is 4.79 Å². The molecule has 0 saturated heterocycles. The van der Waals surface area contributed by atoms with E-state index in [1.807, 2.05) is 6.07 Å². The van der Waals surface area contributed by atoms with Crippen LogP contribution in [0.3, 0.4) is 0 Å². The molecule has 8 nitrogen and oxygen atoms in total. The van der Waals surface area contributed by atoms with Gasteiger partial charge in [0.05, 0.1) is 11.6 Å². The third-order valence-electron chi connectivity index (χ3n) is 3.76. The summed E-state index contributed by atoms with van der Waals surface area (Å²) in [4.78, 5) is 20.8. The molecule has 148 valence electrons. The van der Waals surface area contributed by atoms with E-state index in [2.05, 4.69) is 25.1 Å². The summed E-state index contributed by atoms with van der Waals surface area (Å²) in [7, 11) is 0. The Hall–Kier alpha value is -3.58. The van der Waals surface area contributed by atoms with Crippen LogP contribution in [0, 0.1) is 11.3 Å². The van der Waals surface area contributed by atoms with Crippen LogP contribution in [0.5, 0.6) is 5.75 Å². The van der Waals surface area contributed by atoms with Gasteiger partial charge in [0.1, 0.15) is 18.1 Å². The van der Waals surface area contributed by atoms with Gasteiger partial charge in [0, 0.05) is 16.8 Å². The highest BCUT2D eigenvalue weighted by molar-refractivity contribution is 6.31. The lowest BCUT2D eigenvalue weighted by Crippen LogP contribution is -2.29. The number of carbonyl (C=O) groups is 1. The van der Waals surface area contributed by atoms with Crippen LogP contribution in [0.15, 0.2) is 42.9 Å². The van der Waals surface area contributed by atoms with E-state index < -0.39 is 18.6 Å². The number of carbonyl (C=O) groups excluding carboxylic acids is 1. The van der Waals surface area contributed by atoms with Crippen molar-refractivity contribution in [2.45, 2.75) is 19.6 Å². The van der Waals surface area contributed by atoms with E-state index >= 15 is 0 Å². The summed E-state index contributed by atoms with van der Waals surface area (Å²) in [6.07, 6.45) is 2.69. The van der Waals surface area contributed by atoms with Gasteiger partial charge in [-0.15, -0.1) is 0 Å². The van der Waals surface area contributed by atoms with Gasteiger partial charge >= 0.3 is 6.61 Å². The summed E-state index contributed by atoms with van der Waals surface area (Å²) in [5, 5.41) is 15.7. The largest absolute Gasteiger partial charge is 0.435 e. The number of halogens is 3. The average Bonchev–Trinajstić information content (AvgIpc) is 3.17. The van der Waals surface area contributed by atoms with Crippen molar-refractivity contribution in [3.63, 3.8) is 0 Å². The number of pyridine rings is 1. The lowest BCUT2D eigenvalue weighted by atomic mass is 10.2. The first-order valence-electron chi connectivity index (χ1n) is 8.20. The number of hydrogen-bond acceptors (Lipinski definition) is 6. The molecule has 0 unspecified atom stereocenters. The Balaban J connectivity index is 1.80. The average molecular weight is 419 g/mol. The van der Waals surface area contributed by atoms with Crippen LogP contribution in [0.1, 0.15) is 34.7 Å². The van der Waals surface area contributed by atoms with Crippen molar-refractivity contribution in [3.05, 3.63) is 64.8 Å². The van der Waals surface area contributed by atoms with E-state index in [9.17, 15) is 13.6 Å². The molecule has 0 aliphatic rings. The third-order valence-corrected chi connectivity index (χ3v) is 3.98. The van der Waals surface area contributed by atoms with Gasteiger partial charge in [0.25, 0.3) is 5.91 Å². The lowest BCUT2D eigenvalue weighted by molar-refractivity contribution is -0.0498. The Morgan fingerprint density at radius 3 is 2.76 bits per heavy atom. The predicted molar refractivity (Wildman–Crippen MR) is 97.8 cm³/mol. The summed E-state index contributed by atoms with van der Waals surface area (Å²) in [6, 6.07) is 8.20. The Labute approximate surface area is 168 Å². The molecule has 2 heterocycles. The van der Waals surface area contributed by atoms with E-state index in [0.717, 1.165) is 6.07 Å². The standard InChI is InChI=1S/C18H13ClF2N6O2/c1-10(16-24-9-25-27(16)15-3-2-11(7-22)8-23-15)26-17(28)12-4-13(19)6-14(5-12)29-18(20)21/h2-6,8-10,18H,1H3,(H,26,28)/t10-/m0/s1. The molecule has 29 heavy (non-hydrogen) atoms. The number of aromatic nitrogens is 4. The summed E-state index contributed by atoms with van der Waals surface area (Å²) in [6.45, 7) is -1.37. The number of nitrogens with zero attached hydrogens (tertiary/aromatic N) is 5. The fraction of sp³-hybridized carbons (Fsp3) is 0.167. The zero-order valence-electron chi connectivity index (χ0n) is 14.9. The first kappa shape index (κ1) is 20.2. The Morgan fingerprint density at radius 1 is 1.31 bits per heavy atom. The highest BCUT2D eigenvalue weighted by Gasteiger charge is 2.19. The number of ether oxygens (including phenoxy) is 1. The molecule has 1 atom stereocenters. The molecule has 3 rings (SSSR count).